The third-order valence-corrected chi connectivity index (χ3v) is 3.16. The van der Waals surface area contributed by atoms with Crippen LogP contribution < -0.4 is 10.6 Å². The van der Waals surface area contributed by atoms with E-state index < -0.39 is 0 Å². The minimum atomic E-state index is -0.298. The van der Waals surface area contributed by atoms with Gasteiger partial charge in [-0.05, 0) is 32.5 Å². The summed E-state index contributed by atoms with van der Waals surface area (Å²) in [7, 11) is 1.71. The lowest BCUT2D eigenvalue weighted by Crippen LogP contribution is -2.35. The summed E-state index contributed by atoms with van der Waals surface area (Å²) in [5.41, 5.74) is 1.34. The second-order valence-corrected chi connectivity index (χ2v) is 4.34. The van der Waals surface area contributed by atoms with Crippen molar-refractivity contribution in [1.29, 1.82) is 0 Å². The quantitative estimate of drug-likeness (QED) is 0.878. The summed E-state index contributed by atoms with van der Waals surface area (Å²) < 4.78 is 0. The zero-order chi connectivity index (χ0) is 12.3. The van der Waals surface area contributed by atoms with Gasteiger partial charge in [-0.3, -0.25) is 4.79 Å². The van der Waals surface area contributed by atoms with Crippen molar-refractivity contribution in [2.75, 3.05) is 12.4 Å². The predicted octanol–water partition coefficient (Wildman–Crippen LogP) is 2.85. The van der Waals surface area contributed by atoms with Crippen molar-refractivity contribution >= 4 is 34.8 Å². The molecule has 1 rings (SSSR count). The highest BCUT2D eigenvalue weighted by Gasteiger charge is 2.15. The summed E-state index contributed by atoms with van der Waals surface area (Å²) in [6.07, 6.45) is 0. The Kier molecular flexibility index (Phi) is 4.59. The third kappa shape index (κ3) is 2.88. The van der Waals surface area contributed by atoms with Crippen LogP contribution in [0.1, 0.15) is 12.5 Å². The molecule has 0 saturated heterocycles. The van der Waals surface area contributed by atoms with Crippen LogP contribution in [0.4, 0.5) is 5.69 Å². The molecule has 5 heteroatoms. The number of carbonyl (C=O) groups is 1. The number of amides is 1. The molecule has 2 N–H and O–H groups in total. The Labute approximate surface area is 105 Å². The summed E-state index contributed by atoms with van der Waals surface area (Å²) in [6.45, 7) is 3.61. The number of nitrogens with one attached hydrogen (secondary N) is 2. The molecule has 1 aromatic carbocycles. The molecule has 0 aliphatic carbocycles. The van der Waals surface area contributed by atoms with Crippen LogP contribution in [0.25, 0.3) is 0 Å². The number of halogens is 2. The van der Waals surface area contributed by atoms with E-state index in [0.717, 1.165) is 5.56 Å². The molecule has 0 saturated carbocycles. The lowest BCUT2D eigenvalue weighted by molar-refractivity contribution is -0.117. The Hall–Kier alpha value is -0.770. The molecule has 1 amide bonds. The molecule has 0 aliphatic rings. The molecular formula is C11H14Cl2N2O. The maximum Gasteiger partial charge on any atom is 0.241 e. The first-order chi connectivity index (χ1) is 7.47. The molecule has 0 radical (unpaired) electrons. The Bertz CT molecular complexity index is 407. The Morgan fingerprint density at radius 2 is 2.00 bits per heavy atom. The molecule has 0 aliphatic heterocycles. The summed E-state index contributed by atoms with van der Waals surface area (Å²) in [4.78, 5) is 11.7. The fraction of sp³-hybridized carbons (Fsp3) is 0.364. The topological polar surface area (TPSA) is 41.1 Å². The van der Waals surface area contributed by atoms with Crippen LogP contribution >= 0.6 is 23.2 Å². The fourth-order valence-corrected chi connectivity index (χ4v) is 1.60. The zero-order valence-electron chi connectivity index (χ0n) is 9.40. The van der Waals surface area contributed by atoms with Crippen molar-refractivity contribution in [2.45, 2.75) is 19.9 Å². The van der Waals surface area contributed by atoms with Crippen molar-refractivity contribution in [1.82, 2.24) is 5.32 Å². The van der Waals surface area contributed by atoms with Crippen LogP contribution in [0.3, 0.4) is 0 Å². The number of hydrogen-bond acceptors (Lipinski definition) is 2. The average Bonchev–Trinajstić information content (AvgIpc) is 2.28. The first-order valence-electron chi connectivity index (χ1n) is 4.90. The smallest absolute Gasteiger partial charge is 0.241 e. The first-order valence-corrected chi connectivity index (χ1v) is 5.65. The average molecular weight is 261 g/mol. The number of likely N-dealkylation sites (N-methyl/N-ethyl adjacent to an activating group) is 1. The van der Waals surface area contributed by atoms with Crippen LogP contribution in [0.15, 0.2) is 12.1 Å². The Balaban J connectivity index is 2.97. The van der Waals surface area contributed by atoms with Gasteiger partial charge >= 0.3 is 0 Å². The molecule has 3 nitrogen and oxygen atoms in total. The van der Waals surface area contributed by atoms with Crippen LogP contribution in [0.2, 0.25) is 10.0 Å². The number of aryl methyl sites for hydroxylation is 1. The summed E-state index contributed by atoms with van der Waals surface area (Å²) >= 11 is 12.0. The normalized spacial score (nSPS) is 12.3. The Morgan fingerprint density at radius 3 is 2.56 bits per heavy atom. The number of carbonyl (C=O) groups excluding carboxylic acids is 1. The van der Waals surface area contributed by atoms with E-state index in [2.05, 4.69) is 10.6 Å². The monoisotopic (exact) mass is 260 g/mol. The van der Waals surface area contributed by atoms with Crippen molar-refractivity contribution in [2.24, 2.45) is 0 Å². The van der Waals surface area contributed by atoms with Gasteiger partial charge in [0.1, 0.15) is 0 Å². The second kappa shape index (κ2) is 5.53. The number of benzene rings is 1. The molecule has 0 bridgehead atoms. The first kappa shape index (κ1) is 13.3. The molecule has 0 heterocycles. The highest BCUT2D eigenvalue weighted by atomic mass is 35.5. The SMILES string of the molecule is CNC(C)C(=O)Nc1c(Cl)ccc(C)c1Cl. The van der Waals surface area contributed by atoms with Crippen LogP contribution in [0, 0.1) is 6.92 Å². The van der Waals surface area contributed by atoms with E-state index in [9.17, 15) is 4.79 Å². The summed E-state index contributed by atoms with van der Waals surface area (Å²) in [5.74, 6) is -0.170. The van der Waals surface area contributed by atoms with Gasteiger partial charge in [-0.15, -0.1) is 0 Å². The van der Waals surface area contributed by atoms with Crippen molar-refractivity contribution < 1.29 is 4.79 Å². The largest absolute Gasteiger partial charge is 0.322 e. The third-order valence-electron chi connectivity index (χ3n) is 2.36. The molecule has 0 spiro atoms. The molecule has 1 unspecified atom stereocenters. The van der Waals surface area contributed by atoms with Crippen LogP contribution in [0.5, 0.6) is 0 Å². The standard InChI is InChI=1S/C11H14Cl2N2O/c1-6-4-5-8(12)10(9(6)13)15-11(16)7(2)14-3/h4-5,7,14H,1-3H3,(H,15,16). The lowest BCUT2D eigenvalue weighted by Gasteiger charge is -2.14. The van der Waals surface area contributed by atoms with Crippen LogP contribution in [-0.4, -0.2) is 19.0 Å². The lowest BCUT2D eigenvalue weighted by atomic mass is 10.2. The molecule has 0 fully saturated rings. The molecule has 1 atom stereocenters. The van der Waals surface area contributed by atoms with Crippen molar-refractivity contribution in [3.8, 4) is 0 Å². The van der Waals surface area contributed by atoms with Gasteiger partial charge in [0.05, 0.1) is 21.8 Å². The van der Waals surface area contributed by atoms with E-state index in [1.165, 1.54) is 0 Å². The van der Waals surface area contributed by atoms with Gasteiger partial charge in [0.15, 0.2) is 0 Å². The second-order valence-electron chi connectivity index (χ2n) is 3.55. The molecule has 88 valence electrons. The maximum atomic E-state index is 11.7. The highest BCUT2D eigenvalue weighted by molar-refractivity contribution is 6.40. The van der Waals surface area contributed by atoms with Gasteiger partial charge in [0.25, 0.3) is 0 Å². The van der Waals surface area contributed by atoms with Gasteiger partial charge in [-0.2, -0.15) is 0 Å². The van der Waals surface area contributed by atoms with Crippen molar-refractivity contribution in [3.63, 3.8) is 0 Å². The minimum absolute atomic E-state index is 0.170. The van der Waals surface area contributed by atoms with E-state index in [1.54, 1.807) is 20.0 Å². The van der Waals surface area contributed by atoms with E-state index in [-0.39, 0.29) is 11.9 Å². The van der Waals surface area contributed by atoms with Crippen molar-refractivity contribution in [3.05, 3.63) is 27.7 Å². The summed E-state index contributed by atoms with van der Waals surface area (Å²) in [5, 5.41) is 6.46. The number of rotatable bonds is 3. The number of anilines is 1. The van der Waals surface area contributed by atoms with Gasteiger partial charge < -0.3 is 10.6 Å². The van der Waals surface area contributed by atoms with Gasteiger partial charge in [0, 0.05) is 0 Å². The van der Waals surface area contributed by atoms with E-state index in [1.807, 2.05) is 13.0 Å². The predicted molar refractivity (Wildman–Crippen MR) is 68.4 cm³/mol. The summed E-state index contributed by atoms with van der Waals surface area (Å²) in [6, 6.07) is 3.22. The molecule has 0 aromatic heterocycles. The minimum Gasteiger partial charge on any atom is -0.322 e. The fourth-order valence-electron chi connectivity index (χ4n) is 1.13. The van der Waals surface area contributed by atoms with Gasteiger partial charge in [-0.25, -0.2) is 0 Å². The van der Waals surface area contributed by atoms with E-state index in [4.69, 9.17) is 23.2 Å². The zero-order valence-corrected chi connectivity index (χ0v) is 10.9. The van der Waals surface area contributed by atoms with E-state index in [0.29, 0.717) is 15.7 Å². The Morgan fingerprint density at radius 1 is 1.38 bits per heavy atom. The maximum absolute atomic E-state index is 11.7. The van der Waals surface area contributed by atoms with Gasteiger partial charge in [-0.1, -0.05) is 29.3 Å². The highest BCUT2D eigenvalue weighted by Crippen LogP contribution is 2.32. The number of hydrogen-bond donors (Lipinski definition) is 2. The molecule has 16 heavy (non-hydrogen) atoms. The van der Waals surface area contributed by atoms with Gasteiger partial charge in [0.2, 0.25) is 5.91 Å². The van der Waals surface area contributed by atoms with Crippen LogP contribution in [-0.2, 0) is 4.79 Å². The molecule has 1 aromatic rings. The van der Waals surface area contributed by atoms with E-state index >= 15 is 0 Å². The molecular weight excluding hydrogens is 247 g/mol.